The number of alkyl halides is 3. The molecule has 0 aliphatic rings. The predicted octanol–water partition coefficient (Wildman–Crippen LogP) is 3.81. The Morgan fingerprint density at radius 1 is 1.40 bits per heavy atom. The fourth-order valence-electron chi connectivity index (χ4n) is 2.10. The Morgan fingerprint density at radius 2 is 2.12 bits per heavy atom. The second-order valence-corrected chi connectivity index (χ2v) is 4.80. The summed E-state index contributed by atoms with van der Waals surface area (Å²) in [6.07, 6.45) is -3.77. The molecule has 0 unspecified atom stereocenters. The second kappa shape index (κ2) is 7.29. The van der Waals surface area contributed by atoms with E-state index in [0.29, 0.717) is 0 Å². The number of anilines is 1. The molecular formula is C16H13F4N3O2. The Balaban J connectivity index is 2.61. The van der Waals surface area contributed by atoms with E-state index in [1.54, 1.807) is 0 Å². The van der Waals surface area contributed by atoms with Crippen molar-refractivity contribution >= 4 is 28.8 Å². The van der Waals surface area contributed by atoms with E-state index in [1.165, 1.54) is 25.1 Å². The molecule has 1 aromatic carbocycles. The molecule has 132 valence electrons. The molecule has 0 radical (unpaired) electrons. The Hall–Kier alpha value is -2.97. The van der Waals surface area contributed by atoms with Crippen LogP contribution >= 0.6 is 0 Å². The number of nitrogens with one attached hydrogen (secondary N) is 2. The number of hydrogen-bond donors (Lipinski definition) is 2. The van der Waals surface area contributed by atoms with Gasteiger partial charge in [0.1, 0.15) is 17.1 Å². The second-order valence-electron chi connectivity index (χ2n) is 4.80. The van der Waals surface area contributed by atoms with Crippen molar-refractivity contribution in [2.45, 2.75) is 13.1 Å². The first-order valence-electron chi connectivity index (χ1n) is 7.08. The molecule has 1 aromatic heterocycles. The molecule has 1 heterocycles. The van der Waals surface area contributed by atoms with Crippen LogP contribution in [0.15, 0.2) is 41.7 Å². The molecule has 0 saturated carbocycles. The van der Waals surface area contributed by atoms with Crippen LogP contribution in [-0.4, -0.2) is 30.0 Å². The van der Waals surface area contributed by atoms with Crippen LogP contribution in [0.5, 0.6) is 0 Å². The average Bonchev–Trinajstić information content (AvgIpc) is 2.54. The lowest BCUT2D eigenvalue weighted by Gasteiger charge is -2.18. The molecule has 0 aliphatic carbocycles. The number of benzene rings is 1. The molecule has 2 aromatic rings. The summed E-state index contributed by atoms with van der Waals surface area (Å²) < 4.78 is 58.2. The maximum absolute atomic E-state index is 13.4. The standard InChI is InChI=1S/C16H13F4N3O2/c1-2-25-15(24)11(7-21)14(16(18,19)20)23-13-5-3-4-12-10(13)6-9(17)8-22-12/h3-8,21,23H,2H2,1H3/b14-11+,21-7?. The molecule has 0 atom stereocenters. The Bertz CT molecular complexity index is 847. The maximum Gasteiger partial charge on any atom is 0.432 e. The quantitative estimate of drug-likeness (QED) is 0.370. The van der Waals surface area contributed by atoms with Gasteiger partial charge in [-0.2, -0.15) is 13.2 Å². The molecule has 0 spiro atoms. The summed E-state index contributed by atoms with van der Waals surface area (Å²) in [5.74, 6) is -2.01. The summed E-state index contributed by atoms with van der Waals surface area (Å²) in [6, 6.07) is 5.23. The number of esters is 1. The molecule has 2 rings (SSSR count). The van der Waals surface area contributed by atoms with Gasteiger partial charge in [-0.15, -0.1) is 0 Å². The molecule has 0 amide bonds. The van der Waals surface area contributed by atoms with E-state index in [1.807, 2.05) is 0 Å². The van der Waals surface area contributed by atoms with Crippen molar-refractivity contribution in [3.05, 3.63) is 47.5 Å². The number of halogens is 4. The number of aromatic nitrogens is 1. The van der Waals surface area contributed by atoms with Crippen LogP contribution in [0.25, 0.3) is 10.9 Å². The molecule has 0 bridgehead atoms. The lowest BCUT2D eigenvalue weighted by Crippen LogP contribution is -2.26. The SMILES string of the molecule is CCOC(=O)/C(C=N)=C(/Nc1cccc2ncc(F)cc12)C(F)(F)F. The first-order chi connectivity index (χ1) is 11.8. The Labute approximate surface area is 139 Å². The fourth-order valence-corrected chi connectivity index (χ4v) is 2.10. The van der Waals surface area contributed by atoms with Crippen molar-refractivity contribution < 1.29 is 27.1 Å². The normalized spacial score (nSPS) is 12.5. The number of ether oxygens (including phenoxy) is 1. The van der Waals surface area contributed by atoms with E-state index in [4.69, 9.17) is 5.41 Å². The third-order valence-corrected chi connectivity index (χ3v) is 3.14. The molecule has 9 heteroatoms. The van der Waals surface area contributed by atoms with Gasteiger partial charge in [0.2, 0.25) is 0 Å². The lowest BCUT2D eigenvalue weighted by molar-refractivity contribution is -0.139. The maximum atomic E-state index is 13.4. The number of fused-ring (bicyclic) bond motifs is 1. The van der Waals surface area contributed by atoms with Gasteiger partial charge in [-0.1, -0.05) is 6.07 Å². The minimum Gasteiger partial charge on any atom is -0.462 e. The zero-order chi connectivity index (χ0) is 18.6. The van der Waals surface area contributed by atoms with Crippen molar-refractivity contribution in [2.24, 2.45) is 0 Å². The van der Waals surface area contributed by atoms with Gasteiger partial charge in [-0.3, -0.25) is 4.98 Å². The van der Waals surface area contributed by atoms with E-state index >= 15 is 0 Å². The Morgan fingerprint density at radius 3 is 2.72 bits per heavy atom. The molecule has 0 fully saturated rings. The van der Waals surface area contributed by atoms with Gasteiger partial charge >= 0.3 is 12.1 Å². The van der Waals surface area contributed by atoms with Gasteiger partial charge in [0.25, 0.3) is 0 Å². The van der Waals surface area contributed by atoms with E-state index in [2.05, 4.69) is 15.0 Å². The molecule has 0 aliphatic heterocycles. The van der Waals surface area contributed by atoms with Gasteiger partial charge in [-0.05, 0) is 25.1 Å². The van der Waals surface area contributed by atoms with Crippen molar-refractivity contribution in [1.29, 1.82) is 5.41 Å². The molecule has 0 saturated heterocycles. The van der Waals surface area contributed by atoms with Crippen LogP contribution in [0.3, 0.4) is 0 Å². The largest absolute Gasteiger partial charge is 0.462 e. The highest BCUT2D eigenvalue weighted by atomic mass is 19.4. The van der Waals surface area contributed by atoms with E-state index in [0.717, 1.165) is 12.3 Å². The summed E-state index contributed by atoms with van der Waals surface area (Å²) >= 11 is 0. The summed E-state index contributed by atoms with van der Waals surface area (Å²) in [5.41, 5.74) is -2.31. The highest BCUT2D eigenvalue weighted by molar-refractivity contribution is 6.10. The average molecular weight is 355 g/mol. The van der Waals surface area contributed by atoms with Crippen molar-refractivity contribution in [1.82, 2.24) is 4.98 Å². The van der Waals surface area contributed by atoms with Gasteiger partial charge in [0.05, 0.1) is 18.3 Å². The third-order valence-electron chi connectivity index (χ3n) is 3.14. The smallest absolute Gasteiger partial charge is 0.432 e. The molecule has 5 nitrogen and oxygen atoms in total. The van der Waals surface area contributed by atoms with Gasteiger partial charge in [0.15, 0.2) is 0 Å². The van der Waals surface area contributed by atoms with Crippen LogP contribution in [0.4, 0.5) is 23.2 Å². The highest BCUT2D eigenvalue weighted by Crippen LogP contribution is 2.32. The van der Waals surface area contributed by atoms with Gasteiger partial charge < -0.3 is 15.5 Å². The molecule has 25 heavy (non-hydrogen) atoms. The summed E-state index contributed by atoms with van der Waals surface area (Å²) in [6.45, 7) is 1.28. The number of allylic oxidation sites excluding steroid dienone is 1. The summed E-state index contributed by atoms with van der Waals surface area (Å²) in [7, 11) is 0. The monoisotopic (exact) mass is 355 g/mol. The van der Waals surface area contributed by atoms with Crippen LogP contribution in [-0.2, 0) is 9.53 Å². The van der Waals surface area contributed by atoms with E-state index in [-0.39, 0.29) is 29.4 Å². The third kappa shape index (κ3) is 4.11. The number of carbonyl (C=O) groups is 1. The molecular weight excluding hydrogens is 342 g/mol. The number of pyridine rings is 1. The van der Waals surface area contributed by atoms with Crippen LogP contribution in [0.2, 0.25) is 0 Å². The topological polar surface area (TPSA) is 75.1 Å². The number of rotatable bonds is 5. The first-order valence-corrected chi connectivity index (χ1v) is 7.08. The summed E-state index contributed by atoms with van der Waals surface area (Å²) in [4.78, 5) is 15.5. The van der Waals surface area contributed by atoms with E-state index in [9.17, 15) is 22.4 Å². The number of carbonyl (C=O) groups excluding carboxylic acids is 1. The van der Waals surface area contributed by atoms with Crippen molar-refractivity contribution in [3.8, 4) is 0 Å². The summed E-state index contributed by atoms with van der Waals surface area (Å²) in [5, 5.41) is 9.32. The van der Waals surface area contributed by atoms with Gasteiger partial charge in [0, 0.05) is 17.3 Å². The zero-order valence-electron chi connectivity index (χ0n) is 12.9. The predicted molar refractivity (Wildman–Crippen MR) is 83.8 cm³/mol. The zero-order valence-corrected chi connectivity index (χ0v) is 12.9. The minimum absolute atomic E-state index is 0.0949. The highest BCUT2D eigenvalue weighted by Gasteiger charge is 2.39. The first kappa shape index (κ1) is 18.4. The Kier molecular flexibility index (Phi) is 5.35. The number of nitrogens with zero attached hydrogens (tertiary/aromatic N) is 1. The van der Waals surface area contributed by atoms with Crippen LogP contribution < -0.4 is 5.32 Å². The van der Waals surface area contributed by atoms with Crippen molar-refractivity contribution in [3.63, 3.8) is 0 Å². The number of hydrogen-bond acceptors (Lipinski definition) is 5. The van der Waals surface area contributed by atoms with Gasteiger partial charge in [-0.25, -0.2) is 9.18 Å². The van der Waals surface area contributed by atoms with Crippen LogP contribution in [0.1, 0.15) is 6.92 Å². The minimum atomic E-state index is -4.97. The van der Waals surface area contributed by atoms with E-state index < -0.39 is 29.2 Å². The van der Waals surface area contributed by atoms with Crippen LogP contribution in [0, 0.1) is 11.2 Å². The van der Waals surface area contributed by atoms with Crippen molar-refractivity contribution in [2.75, 3.05) is 11.9 Å². The molecule has 2 N–H and O–H groups in total. The lowest BCUT2D eigenvalue weighted by atomic mass is 10.1. The fraction of sp³-hybridized carbons (Fsp3) is 0.188.